The molecule has 0 aliphatic rings. The van der Waals surface area contributed by atoms with E-state index in [2.05, 4.69) is 21.3 Å². The molecule has 3 aromatic carbocycles. The Bertz CT molecular complexity index is 1130. The van der Waals surface area contributed by atoms with E-state index in [4.69, 9.17) is 12.2 Å². The van der Waals surface area contributed by atoms with Crippen LogP contribution in [0.5, 0.6) is 0 Å². The Morgan fingerprint density at radius 2 is 1.33 bits per heavy atom. The van der Waals surface area contributed by atoms with E-state index >= 15 is 0 Å². The van der Waals surface area contributed by atoms with E-state index in [-0.39, 0.29) is 17.1 Å². The van der Waals surface area contributed by atoms with Crippen LogP contribution in [0.4, 0.5) is 22.7 Å². The minimum atomic E-state index is -0.312. The largest absolute Gasteiger partial charge is 0.332 e. The van der Waals surface area contributed by atoms with Crippen LogP contribution < -0.4 is 21.3 Å². The molecule has 1 unspecified atom stereocenters. The second kappa shape index (κ2) is 11.5. The van der Waals surface area contributed by atoms with Gasteiger partial charge in [0.25, 0.3) is 0 Å². The molecule has 3 aromatic rings. The van der Waals surface area contributed by atoms with E-state index in [0.29, 0.717) is 16.5 Å². The van der Waals surface area contributed by atoms with Crippen LogP contribution in [-0.4, -0.2) is 22.2 Å². The number of anilines is 4. The summed E-state index contributed by atoms with van der Waals surface area (Å²) in [6, 6.07) is 22.8. The monoisotopic (exact) mass is 478 g/mol. The third-order valence-corrected chi connectivity index (χ3v) is 5.85. The zero-order valence-corrected chi connectivity index (χ0v) is 20.3. The van der Waals surface area contributed by atoms with Crippen molar-refractivity contribution in [3.05, 3.63) is 78.4 Å². The van der Waals surface area contributed by atoms with Crippen LogP contribution in [0, 0.1) is 6.92 Å². The summed E-state index contributed by atoms with van der Waals surface area (Å²) in [5.74, 6) is -0.248. The quantitative estimate of drug-likeness (QED) is 0.251. The highest BCUT2D eigenvalue weighted by molar-refractivity contribution is 8.00. The number of thioether (sulfide) groups is 1. The topological polar surface area (TPSA) is 82.3 Å². The van der Waals surface area contributed by atoms with Gasteiger partial charge in [-0.1, -0.05) is 23.8 Å². The number of rotatable bonds is 7. The van der Waals surface area contributed by atoms with Gasteiger partial charge < -0.3 is 21.3 Å². The maximum absolute atomic E-state index is 12.6. The van der Waals surface area contributed by atoms with Crippen LogP contribution in [0.2, 0.25) is 0 Å². The number of hydrogen-bond donors (Lipinski definition) is 4. The number of amides is 2. The first kappa shape index (κ1) is 24.3. The van der Waals surface area contributed by atoms with Crippen molar-refractivity contribution in [2.75, 3.05) is 21.3 Å². The van der Waals surface area contributed by atoms with Crippen molar-refractivity contribution >= 4 is 63.7 Å². The number of aryl methyl sites for hydroxylation is 1. The molecule has 8 heteroatoms. The van der Waals surface area contributed by atoms with Gasteiger partial charge in [0.1, 0.15) is 0 Å². The fourth-order valence-electron chi connectivity index (χ4n) is 2.92. The Balaban J connectivity index is 1.54. The number of nitrogens with one attached hydrogen (secondary N) is 4. The lowest BCUT2D eigenvalue weighted by atomic mass is 10.2. The van der Waals surface area contributed by atoms with Crippen LogP contribution in [0.1, 0.15) is 19.4 Å². The standard InChI is InChI=1S/C25H26N4O2S2/c1-16-7-9-21(10-8-16)28-25(32)29-22-5-4-6-23(15-22)33-17(2)24(31)27-20-13-11-19(12-14-20)26-18(3)30/h4-15,17H,1-3H3,(H,26,30)(H,27,31)(H2,28,29,32). The molecule has 3 rings (SSSR count). The molecule has 0 aliphatic carbocycles. The molecule has 170 valence electrons. The molecule has 0 spiro atoms. The Hall–Kier alpha value is -3.36. The number of benzene rings is 3. The number of carbonyl (C=O) groups excluding carboxylic acids is 2. The molecule has 0 bridgehead atoms. The molecule has 0 heterocycles. The lowest BCUT2D eigenvalue weighted by Crippen LogP contribution is -2.22. The Kier molecular flexibility index (Phi) is 8.46. The summed E-state index contributed by atoms with van der Waals surface area (Å²) in [5, 5.41) is 12.1. The second-order valence-corrected chi connectivity index (χ2v) is 9.30. The van der Waals surface area contributed by atoms with Gasteiger partial charge in [-0.3, -0.25) is 9.59 Å². The van der Waals surface area contributed by atoms with E-state index < -0.39 is 0 Å². The Morgan fingerprint density at radius 1 is 0.788 bits per heavy atom. The van der Waals surface area contributed by atoms with E-state index in [0.717, 1.165) is 16.3 Å². The first-order chi connectivity index (χ1) is 15.8. The summed E-state index contributed by atoms with van der Waals surface area (Å²) < 4.78 is 0. The molecule has 0 saturated carbocycles. The average Bonchev–Trinajstić information content (AvgIpc) is 2.76. The van der Waals surface area contributed by atoms with Gasteiger partial charge in [-0.25, -0.2) is 0 Å². The third kappa shape index (κ3) is 7.93. The maximum atomic E-state index is 12.6. The smallest absolute Gasteiger partial charge is 0.237 e. The van der Waals surface area contributed by atoms with Gasteiger partial charge in [-0.05, 0) is 80.7 Å². The van der Waals surface area contributed by atoms with Crippen molar-refractivity contribution in [2.24, 2.45) is 0 Å². The van der Waals surface area contributed by atoms with Gasteiger partial charge in [0.05, 0.1) is 5.25 Å². The van der Waals surface area contributed by atoms with E-state index in [9.17, 15) is 9.59 Å². The van der Waals surface area contributed by atoms with Gasteiger partial charge in [-0.2, -0.15) is 0 Å². The highest BCUT2D eigenvalue weighted by Crippen LogP contribution is 2.27. The Labute approximate surface area is 203 Å². The van der Waals surface area contributed by atoms with Crippen molar-refractivity contribution < 1.29 is 9.59 Å². The second-order valence-electron chi connectivity index (χ2n) is 7.48. The molecule has 0 radical (unpaired) electrons. The maximum Gasteiger partial charge on any atom is 0.237 e. The highest BCUT2D eigenvalue weighted by atomic mass is 32.2. The average molecular weight is 479 g/mol. The van der Waals surface area contributed by atoms with Crippen LogP contribution in [0.3, 0.4) is 0 Å². The molecule has 33 heavy (non-hydrogen) atoms. The molecule has 4 N–H and O–H groups in total. The molecule has 0 aromatic heterocycles. The van der Waals surface area contributed by atoms with Gasteiger partial charge in [0.2, 0.25) is 11.8 Å². The van der Waals surface area contributed by atoms with Crippen LogP contribution in [0.15, 0.2) is 77.7 Å². The van der Waals surface area contributed by atoms with Gasteiger partial charge in [-0.15, -0.1) is 11.8 Å². The van der Waals surface area contributed by atoms with Crippen LogP contribution in [0.25, 0.3) is 0 Å². The third-order valence-electron chi connectivity index (χ3n) is 4.56. The first-order valence-corrected chi connectivity index (χ1v) is 11.7. The fourth-order valence-corrected chi connectivity index (χ4v) is 4.08. The molecule has 2 amide bonds. The van der Waals surface area contributed by atoms with Crippen LogP contribution in [-0.2, 0) is 9.59 Å². The zero-order chi connectivity index (χ0) is 23.8. The Morgan fingerprint density at radius 3 is 1.97 bits per heavy atom. The number of hydrogen-bond acceptors (Lipinski definition) is 4. The van der Waals surface area contributed by atoms with Gasteiger partial charge in [0, 0.05) is 34.6 Å². The summed E-state index contributed by atoms with van der Waals surface area (Å²) in [6.07, 6.45) is 0. The van der Waals surface area contributed by atoms with Crippen molar-refractivity contribution in [3.63, 3.8) is 0 Å². The molecule has 6 nitrogen and oxygen atoms in total. The van der Waals surface area contributed by atoms with Gasteiger partial charge in [0.15, 0.2) is 5.11 Å². The van der Waals surface area contributed by atoms with E-state index in [1.165, 1.54) is 24.2 Å². The number of carbonyl (C=O) groups is 2. The van der Waals surface area contributed by atoms with Crippen molar-refractivity contribution in [1.82, 2.24) is 0 Å². The molecule has 1 atom stereocenters. The lowest BCUT2D eigenvalue weighted by Gasteiger charge is -2.14. The predicted octanol–water partition coefficient (Wildman–Crippen LogP) is 5.88. The molecular weight excluding hydrogens is 452 g/mol. The molecule has 0 fully saturated rings. The minimum absolute atomic E-state index is 0.109. The lowest BCUT2D eigenvalue weighted by molar-refractivity contribution is -0.115. The van der Waals surface area contributed by atoms with E-state index in [1.54, 1.807) is 24.3 Å². The summed E-state index contributed by atoms with van der Waals surface area (Å²) in [5.41, 5.74) is 4.29. The fraction of sp³-hybridized carbons (Fsp3) is 0.160. The van der Waals surface area contributed by atoms with Crippen LogP contribution >= 0.6 is 24.0 Å². The normalized spacial score (nSPS) is 11.2. The first-order valence-electron chi connectivity index (χ1n) is 10.4. The zero-order valence-electron chi connectivity index (χ0n) is 18.6. The summed E-state index contributed by atoms with van der Waals surface area (Å²) in [6.45, 7) is 5.34. The van der Waals surface area contributed by atoms with Crippen molar-refractivity contribution in [3.8, 4) is 0 Å². The number of thiocarbonyl (C=S) groups is 1. The van der Waals surface area contributed by atoms with Gasteiger partial charge >= 0.3 is 0 Å². The molecular formula is C25H26N4O2S2. The van der Waals surface area contributed by atoms with Crippen molar-refractivity contribution in [1.29, 1.82) is 0 Å². The minimum Gasteiger partial charge on any atom is -0.332 e. The summed E-state index contributed by atoms with van der Waals surface area (Å²) in [4.78, 5) is 24.7. The predicted molar refractivity (Wildman–Crippen MR) is 142 cm³/mol. The highest BCUT2D eigenvalue weighted by Gasteiger charge is 2.15. The SMILES string of the molecule is CC(=O)Nc1ccc(NC(=O)C(C)Sc2cccc(NC(=S)Nc3ccc(C)cc3)c2)cc1. The molecule has 0 saturated heterocycles. The van der Waals surface area contributed by atoms with E-state index in [1.807, 2.05) is 62.4 Å². The van der Waals surface area contributed by atoms with Crippen molar-refractivity contribution in [2.45, 2.75) is 30.9 Å². The summed E-state index contributed by atoms with van der Waals surface area (Å²) in [7, 11) is 0. The summed E-state index contributed by atoms with van der Waals surface area (Å²) >= 11 is 6.87. The molecule has 0 aliphatic heterocycles.